The lowest BCUT2D eigenvalue weighted by atomic mass is 10.1. The first-order valence-corrected chi connectivity index (χ1v) is 6.66. The molecule has 0 radical (unpaired) electrons. The second-order valence-electron chi connectivity index (χ2n) is 3.60. The second kappa shape index (κ2) is 5.68. The first kappa shape index (κ1) is 12.6. The third-order valence-electron chi connectivity index (χ3n) is 2.36. The van der Waals surface area contributed by atoms with Crippen molar-refractivity contribution in [3.8, 4) is 0 Å². The molecule has 6 heteroatoms. The van der Waals surface area contributed by atoms with Crippen LogP contribution in [0, 0.1) is 5.82 Å². The van der Waals surface area contributed by atoms with Crippen molar-refractivity contribution in [2.24, 2.45) is 5.84 Å². The lowest BCUT2D eigenvalue weighted by molar-refractivity contribution is 0.555. The Morgan fingerprint density at radius 2 is 2.29 bits per heavy atom. The summed E-state index contributed by atoms with van der Waals surface area (Å²) in [7, 11) is 0. The Kier molecular flexibility index (Phi) is 4.22. The molecule has 3 nitrogen and oxygen atoms in total. The Balaban J connectivity index is 2.18. The van der Waals surface area contributed by atoms with Gasteiger partial charge in [0.25, 0.3) is 0 Å². The molecule has 0 aliphatic carbocycles. The Bertz CT molecular complexity index is 469. The predicted molar refractivity (Wildman–Crippen MR) is 70.0 cm³/mol. The molecule has 90 valence electrons. The monoisotopic (exact) mass is 315 g/mol. The van der Waals surface area contributed by atoms with Gasteiger partial charge in [-0.25, -0.2) is 4.39 Å². The van der Waals surface area contributed by atoms with E-state index in [1.165, 1.54) is 23.5 Å². The number of nitrogens with one attached hydrogen (secondary N) is 1. The van der Waals surface area contributed by atoms with Crippen LogP contribution in [0.3, 0.4) is 0 Å². The lowest BCUT2D eigenvalue weighted by Crippen LogP contribution is -2.29. The van der Waals surface area contributed by atoms with Crippen LogP contribution in [-0.4, -0.2) is 4.98 Å². The van der Waals surface area contributed by atoms with Crippen LogP contribution in [0.5, 0.6) is 0 Å². The number of thiazole rings is 1. The average molecular weight is 316 g/mol. The molecule has 1 aromatic heterocycles. The quantitative estimate of drug-likeness (QED) is 0.674. The fraction of sp³-hybridized carbons (Fsp3) is 0.182. The second-order valence-corrected chi connectivity index (χ2v) is 5.44. The molecule has 0 aliphatic heterocycles. The van der Waals surface area contributed by atoms with Gasteiger partial charge in [0.05, 0.1) is 11.6 Å². The van der Waals surface area contributed by atoms with Crippen LogP contribution >= 0.6 is 27.3 Å². The summed E-state index contributed by atoms with van der Waals surface area (Å²) in [6.45, 7) is 0. The van der Waals surface area contributed by atoms with Gasteiger partial charge in [-0.2, -0.15) is 0 Å². The van der Waals surface area contributed by atoms with E-state index in [2.05, 4.69) is 26.3 Å². The highest BCUT2D eigenvalue weighted by Crippen LogP contribution is 2.23. The number of nitrogens with two attached hydrogens (primary N) is 1. The summed E-state index contributed by atoms with van der Waals surface area (Å²) in [5.41, 5.74) is 5.36. The first-order chi connectivity index (χ1) is 8.19. The number of nitrogens with zero attached hydrogens (tertiary/aromatic N) is 1. The number of aromatic nitrogens is 1. The maximum atomic E-state index is 13.2. The van der Waals surface area contributed by atoms with E-state index in [1.54, 1.807) is 11.7 Å². The molecular weight excluding hydrogens is 305 g/mol. The van der Waals surface area contributed by atoms with Gasteiger partial charge in [0.1, 0.15) is 5.82 Å². The molecule has 3 N–H and O–H groups in total. The van der Waals surface area contributed by atoms with Crippen LogP contribution in [0.4, 0.5) is 4.39 Å². The Morgan fingerprint density at radius 3 is 2.88 bits per heavy atom. The molecule has 2 rings (SSSR count). The number of benzene rings is 1. The zero-order valence-electron chi connectivity index (χ0n) is 8.86. The highest BCUT2D eigenvalue weighted by atomic mass is 79.9. The van der Waals surface area contributed by atoms with Crippen molar-refractivity contribution < 1.29 is 4.39 Å². The van der Waals surface area contributed by atoms with Gasteiger partial charge >= 0.3 is 0 Å². The van der Waals surface area contributed by atoms with Gasteiger partial charge in [0, 0.05) is 15.5 Å². The number of hydrazine groups is 1. The largest absolute Gasteiger partial charge is 0.271 e. The summed E-state index contributed by atoms with van der Waals surface area (Å²) >= 11 is 4.80. The summed E-state index contributed by atoms with van der Waals surface area (Å²) in [5.74, 6) is 5.26. The van der Waals surface area contributed by atoms with Gasteiger partial charge in [-0.1, -0.05) is 15.9 Å². The Labute approximate surface area is 111 Å². The SMILES string of the molecule is NNC(Cc1cc(F)cc(Br)c1)c1cncs1. The highest BCUT2D eigenvalue weighted by Gasteiger charge is 2.13. The minimum Gasteiger partial charge on any atom is -0.271 e. The minimum atomic E-state index is -0.255. The van der Waals surface area contributed by atoms with E-state index >= 15 is 0 Å². The van der Waals surface area contributed by atoms with Crippen LogP contribution in [-0.2, 0) is 6.42 Å². The van der Waals surface area contributed by atoms with Crippen molar-refractivity contribution in [1.82, 2.24) is 10.4 Å². The van der Waals surface area contributed by atoms with E-state index in [1.807, 2.05) is 6.07 Å². The Hall–Kier alpha value is -0.820. The molecule has 0 amide bonds. The lowest BCUT2D eigenvalue weighted by Gasteiger charge is -2.14. The van der Waals surface area contributed by atoms with Crippen molar-refractivity contribution in [3.63, 3.8) is 0 Å². The standard InChI is InChI=1S/C11H11BrFN3S/c12-8-1-7(2-9(13)4-8)3-10(16-14)11-5-15-6-17-11/h1-2,4-6,10,16H,3,14H2. The molecule has 1 heterocycles. The van der Waals surface area contributed by atoms with Gasteiger partial charge in [0.2, 0.25) is 0 Å². The molecule has 0 fully saturated rings. The average Bonchev–Trinajstić information content (AvgIpc) is 2.77. The van der Waals surface area contributed by atoms with E-state index in [-0.39, 0.29) is 11.9 Å². The fourth-order valence-corrected chi connectivity index (χ4v) is 2.80. The zero-order chi connectivity index (χ0) is 12.3. The van der Waals surface area contributed by atoms with Gasteiger partial charge in [-0.15, -0.1) is 11.3 Å². The number of hydrogen-bond donors (Lipinski definition) is 2. The van der Waals surface area contributed by atoms with E-state index < -0.39 is 0 Å². The molecule has 0 saturated heterocycles. The van der Waals surface area contributed by atoms with Gasteiger partial charge in [0.15, 0.2) is 0 Å². The normalized spacial score (nSPS) is 12.6. The van der Waals surface area contributed by atoms with Crippen LogP contribution in [0.1, 0.15) is 16.5 Å². The van der Waals surface area contributed by atoms with Crippen LogP contribution in [0.2, 0.25) is 0 Å². The van der Waals surface area contributed by atoms with Crippen molar-refractivity contribution >= 4 is 27.3 Å². The maximum absolute atomic E-state index is 13.2. The Morgan fingerprint density at radius 1 is 1.47 bits per heavy atom. The van der Waals surface area contributed by atoms with E-state index in [0.29, 0.717) is 6.42 Å². The smallest absolute Gasteiger partial charge is 0.124 e. The van der Waals surface area contributed by atoms with Gasteiger partial charge < -0.3 is 0 Å². The third-order valence-corrected chi connectivity index (χ3v) is 3.71. The van der Waals surface area contributed by atoms with Crippen LogP contribution in [0.25, 0.3) is 0 Å². The molecular formula is C11H11BrFN3S. The van der Waals surface area contributed by atoms with E-state index in [0.717, 1.165) is 14.9 Å². The van der Waals surface area contributed by atoms with Crippen LogP contribution < -0.4 is 11.3 Å². The summed E-state index contributed by atoms with van der Waals surface area (Å²) in [5, 5.41) is 0. The number of hydrogen-bond acceptors (Lipinski definition) is 4. The summed E-state index contributed by atoms with van der Waals surface area (Å²) < 4.78 is 14.0. The topological polar surface area (TPSA) is 50.9 Å². The van der Waals surface area contributed by atoms with Crippen molar-refractivity contribution in [1.29, 1.82) is 0 Å². The van der Waals surface area contributed by atoms with Crippen molar-refractivity contribution in [2.75, 3.05) is 0 Å². The third kappa shape index (κ3) is 3.32. The minimum absolute atomic E-state index is 0.0452. The highest BCUT2D eigenvalue weighted by molar-refractivity contribution is 9.10. The molecule has 1 aromatic carbocycles. The molecule has 2 aromatic rings. The molecule has 1 unspecified atom stereocenters. The van der Waals surface area contributed by atoms with Crippen molar-refractivity contribution in [2.45, 2.75) is 12.5 Å². The molecule has 0 aliphatic rings. The maximum Gasteiger partial charge on any atom is 0.124 e. The first-order valence-electron chi connectivity index (χ1n) is 4.98. The molecule has 0 spiro atoms. The van der Waals surface area contributed by atoms with E-state index in [9.17, 15) is 4.39 Å². The van der Waals surface area contributed by atoms with Gasteiger partial charge in [-0.05, 0) is 30.2 Å². The summed E-state index contributed by atoms with van der Waals surface area (Å²) in [4.78, 5) is 5.04. The fourth-order valence-electron chi connectivity index (χ4n) is 1.60. The molecule has 0 bridgehead atoms. The number of rotatable bonds is 4. The molecule has 17 heavy (non-hydrogen) atoms. The molecule has 0 saturated carbocycles. The van der Waals surface area contributed by atoms with Crippen molar-refractivity contribution in [3.05, 3.63) is 50.6 Å². The van der Waals surface area contributed by atoms with E-state index in [4.69, 9.17) is 5.84 Å². The number of halogens is 2. The summed E-state index contributed by atoms with van der Waals surface area (Å²) in [6, 6.07) is 4.78. The van der Waals surface area contributed by atoms with Gasteiger partial charge in [-0.3, -0.25) is 16.3 Å². The van der Waals surface area contributed by atoms with Crippen LogP contribution in [0.15, 0.2) is 34.4 Å². The molecule has 1 atom stereocenters. The summed E-state index contributed by atoms with van der Waals surface area (Å²) in [6.07, 6.45) is 2.39. The predicted octanol–water partition coefficient (Wildman–Crippen LogP) is 2.79. The zero-order valence-corrected chi connectivity index (χ0v) is 11.3.